The van der Waals surface area contributed by atoms with Crippen LogP contribution in [0.3, 0.4) is 0 Å². The van der Waals surface area contributed by atoms with Crippen molar-refractivity contribution in [1.29, 1.82) is 0 Å². The lowest BCUT2D eigenvalue weighted by Gasteiger charge is -2.13. The average Bonchev–Trinajstić information content (AvgIpc) is 2.65. The van der Waals surface area contributed by atoms with Crippen molar-refractivity contribution in [2.24, 2.45) is 4.99 Å². The molecule has 6 heteroatoms. The smallest absolute Gasteiger partial charge is 0.200 e. The second-order valence-electron chi connectivity index (χ2n) is 5.38. The van der Waals surface area contributed by atoms with Gasteiger partial charge in [0.1, 0.15) is 0 Å². The number of hydrogen-bond acceptors (Lipinski definition) is 4. The standard InChI is InChI=1S/C19H25N3O3/c1-4-20-19(21-12-14-8-6-5-7-9-14)22-13-15-10-16(24-2)18(23)17(11-15)25-3/h5-11,23H,4,12-13H2,1-3H3,(H2,20,21,22). The van der Waals surface area contributed by atoms with Crippen molar-refractivity contribution in [2.75, 3.05) is 20.8 Å². The van der Waals surface area contributed by atoms with Gasteiger partial charge >= 0.3 is 0 Å². The molecule has 0 heterocycles. The summed E-state index contributed by atoms with van der Waals surface area (Å²) in [5, 5.41) is 16.5. The monoisotopic (exact) mass is 343 g/mol. The minimum atomic E-state index is -0.00756. The summed E-state index contributed by atoms with van der Waals surface area (Å²) in [5.41, 5.74) is 2.06. The summed E-state index contributed by atoms with van der Waals surface area (Å²) < 4.78 is 10.4. The fraction of sp³-hybridized carbons (Fsp3) is 0.316. The minimum absolute atomic E-state index is 0.00756. The van der Waals surface area contributed by atoms with Crippen LogP contribution in [0.15, 0.2) is 47.5 Å². The SMILES string of the molecule is CCNC(=NCc1cc(OC)c(O)c(OC)c1)NCc1ccccc1. The molecule has 0 spiro atoms. The van der Waals surface area contributed by atoms with Crippen molar-refractivity contribution in [3.8, 4) is 17.2 Å². The third-order valence-corrected chi connectivity index (χ3v) is 3.61. The third-order valence-electron chi connectivity index (χ3n) is 3.61. The van der Waals surface area contributed by atoms with Crippen LogP contribution in [-0.2, 0) is 13.1 Å². The number of ether oxygens (including phenoxy) is 2. The van der Waals surface area contributed by atoms with Crippen LogP contribution < -0.4 is 20.1 Å². The van der Waals surface area contributed by atoms with Gasteiger partial charge in [-0.05, 0) is 30.2 Å². The maximum Gasteiger partial charge on any atom is 0.200 e. The van der Waals surface area contributed by atoms with Crippen LogP contribution in [0.5, 0.6) is 17.2 Å². The summed E-state index contributed by atoms with van der Waals surface area (Å²) in [4.78, 5) is 4.58. The number of rotatable bonds is 7. The zero-order chi connectivity index (χ0) is 18.1. The highest BCUT2D eigenvalue weighted by atomic mass is 16.5. The Hall–Kier alpha value is -2.89. The first-order valence-corrected chi connectivity index (χ1v) is 8.17. The molecule has 0 aliphatic heterocycles. The molecule has 6 nitrogen and oxygen atoms in total. The van der Waals surface area contributed by atoms with Gasteiger partial charge in [-0.1, -0.05) is 30.3 Å². The fourth-order valence-electron chi connectivity index (χ4n) is 2.33. The Morgan fingerprint density at radius 2 is 1.64 bits per heavy atom. The predicted octanol–water partition coefficient (Wildman–Crippen LogP) is 2.66. The lowest BCUT2D eigenvalue weighted by molar-refractivity contribution is 0.339. The Bertz CT molecular complexity index is 677. The van der Waals surface area contributed by atoms with Crippen molar-refractivity contribution in [1.82, 2.24) is 10.6 Å². The second-order valence-corrected chi connectivity index (χ2v) is 5.38. The molecule has 134 valence electrons. The number of aliphatic imine (C=N–C) groups is 1. The Kier molecular flexibility index (Phi) is 6.95. The number of benzene rings is 2. The van der Waals surface area contributed by atoms with Gasteiger partial charge in [-0.3, -0.25) is 0 Å². The molecule has 2 rings (SSSR count). The van der Waals surface area contributed by atoms with E-state index >= 15 is 0 Å². The van der Waals surface area contributed by atoms with E-state index in [0.29, 0.717) is 24.6 Å². The normalized spacial score (nSPS) is 11.1. The lowest BCUT2D eigenvalue weighted by atomic mass is 10.2. The molecule has 0 unspecified atom stereocenters. The molecule has 0 aromatic heterocycles. The highest BCUT2D eigenvalue weighted by Gasteiger charge is 2.11. The Balaban J connectivity index is 2.10. The van der Waals surface area contributed by atoms with Gasteiger partial charge in [0.15, 0.2) is 17.5 Å². The van der Waals surface area contributed by atoms with Crippen molar-refractivity contribution < 1.29 is 14.6 Å². The number of aromatic hydroxyl groups is 1. The number of nitrogens with zero attached hydrogens (tertiary/aromatic N) is 1. The van der Waals surface area contributed by atoms with Gasteiger partial charge in [-0.25, -0.2) is 4.99 Å². The van der Waals surface area contributed by atoms with E-state index in [-0.39, 0.29) is 5.75 Å². The molecule has 0 aliphatic rings. The number of nitrogens with one attached hydrogen (secondary N) is 2. The molecular weight excluding hydrogens is 318 g/mol. The molecule has 0 saturated heterocycles. The van der Waals surface area contributed by atoms with Crippen LogP contribution in [0.25, 0.3) is 0 Å². The van der Waals surface area contributed by atoms with Crippen molar-refractivity contribution in [3.05, 3.63) is 53.6 Å². The molecule has 0 atom stereocenters. The molecule has 25 heavy (non-hydrogen) atoms. The molecular formula is C19H25N3O3. The maximum absolute atomic E-state index is 9.97. The molecule has 0 saturated carbocycles. The molecule has 0 bridgehead atoms. The van der Waals surface area contributed by atoms with Gasteiger partial charge in [0.05, 0.1) is 20.8 Å². The van der Waals surface area contributed by atoms with Gasteiger partial charge in [0, 0.05) is 13.1 Å². The van der Waals surface area contributed by atoms with Gasteiger partial charge in [-0.2, -0.15) is 0 Å². The Morgan fingerprint density at radius 1 is 1.00 bits per heavy atom. The summed E-state index contributed by atoms with van der Waals surface area (Å²) in [6.07, 6.45) is 0. The van der Waals surface area contributed by atoms with E-state index in [2.05, 4.69) is 27.8 Å². The summed E-state index contributed by atoms with van der Waals surface area (Å²) in [7, 11) is 3.01. The molecule has 3 N–H and O–H groups in total. The summed E-state index contributed by atoms with van der Waals surface area (Å²) in [6, 6.07) is 13.6. The van der Waals surface area contributed by atoms with E-state index < -0.39 is 0 Å². The molecule has 2 aromatic rings. The number of phenols is 1. The highest BCUT2D eigenvalue weighted by Crippen LogP contribution is 2.37. The van der Waals surface area contributed by atoms with Gasteiger partial charge in [0.25, 0.3) is 0 Å². The van der Waals surface area contributed by atoms with Crippen LogP contribution in [0.1, 0.15) is 18.1 Å². The number of guanidine groups is 1. The quantitative estimate of drug-likeness (QED) is 0.532. The minimum Gasteiger partial charge on any atom is -0.502 e. The predicted molar refractivity (Wildman–Crippen MR) is 99.3 cm³/mol. The highest BCUT2D eigenvalue weighted by molar-refractivity contribution is 5.79. The fourth-order valence-corrected chi connectivity index (χ4v) is 2.33. The Labute approximate surface area is 148 Å². The first-order chi connectivity index (χ1) is 12.2. The second kappa shape index (κ2) is 9.42. The number of methoxy groups -OCH3 is 2. The van der Waals surface area contributed by atoms with Crippen molar-refractivity contribution in [3.63, 3.8) is 0 Å². The largest absolute Gasteiger partial charge is 0.502 e. The van der Waals surface area contributed by atoms with Gasteiger partial charge < -0.3 is 25.2 Å². The van der Waals surface area contributed by atoms with Crippen molar-refractivity contribution in [2.45, 2.75) is 20.0 Å². The van der Waals surface area contributed by atoms with Crippen LogP contribution >= 0.6 is 0 Å². The number of phenolic OH excluding ortho intramolecular Hbond substituents is 1. The Morgan fingerprint density at radius 3 is 2.20 bits per heavy atom. The lowest BCUT2D eigenvalue weighted by Crippen LogP contribution is -2.36. The zero-order valence-electron chi connectivity index (χ0n) is 14.9. The summed E-state index contributed by atoms with van der Waals surface area (Å²) >= 11 is 0. The molecule has 0 amide bonds. The maximum atomic E-state index is 9.97. The van der Waals surface area contributed by atoms with E-state index in [9.17, 15) is 5.11 Å². The van der Waals surface area contributed by atoms with E-state index in [1.165, 1.54) is 19.8 Å². The molecule has 0 aliphatic carbocycles. The first-order valence-electron chi connectivity index (χ1n) is 8.17. The zero-order valence-corrected chi connectivity index (χ0v) is 14.9. The van der Waals surface area contributed by atoms with Crippen molar-refractivity contribution >= 4 is 5.96 Å². The topological polar surface area (TPSA) is 75.1 Å². The van der Waals surface area contributed by atoms with E-state index in [4.69, 9.17) is 9.47 Å². The molecule has 0 fully saturated rings. The van der Waals surface area contributed by atoms with Gasteiger partial charge in [-0.15, -0.1) is 0 Å². The molecule has 0 radical (unpaired) electrons. The average molecular weight is 343 g/mol. The van der Waals surface area contributed by atoms with Gasteiger partial charge in [0.2, 0.25) is 5.75 Å². The third kappa shape index (κ3) is 5.31. The van der Waals surface area contributed by atoms with Crippen LogP contribution in [0.2, 0.25) is 0 Å². The van der Waals surface area contributed by atoms with E-state index in [1.54, 1.807) is 12.1 Å². The summed E-state index contributed by atoms with van der Waals surface area (Å²) in [6.45, 7) is 3.90. The first kappa shape index (κ1) is 18.4. The number of hydrogen-bond donors (Lipinski definition) is 3. The van der Waals surface area contributed by atoms with E-state index in [1.807, 2.05) is 25.1 Å². The van der Waals surface area contributed by atoms with Crippen LogP contribution in [0.4, 0.5) is 0 Å². The van der Waals surface area contributed by atoms with Crippen LogP contribution in [-0.4, -0.2) is 31.8 Å². The molecule has 2 aromatic carbocycles. The van der Waals surface area contributed by atoms with Crippen LogP contribution in [0, 0.1) is 0 Å². The summed E-state index contributed by atoms with van der Waals surface area (Å²) in [5.74, 6) is 1.45. The van der Waals surface area contributed by atoms with E-state index in [0.717, 1.165) is 18.1 Å².